The predicted octanol–water partition coefficient (Wildman–Crippen LogP) is 1.65. The third kappa shape index (κ3) is 2.72. The average molecular weight is 272 g/mol. The largest absolute Gasteiger partial charge is 0.378 e. The SMILES string of the molecule is CO[C@H]1CNCC1Nc1cc(Cl)ccc1[N+](=O)[O-]. The third-order valence-corrected chi connectivity index (χ3v) is 3.19. The number of nitrogens with zero attached hydrogens (tertiary/aromatic N) is 1. The highest BCUT2D eigenvalue weighted by Crippen LogP contribution is 2.29. The van der Waals surface area contributed by atoms with Gasteiger partial charge in [-0.2, -0.15) is 0 Å². The number of benzene rings is 1. The maximum atomic E-state index is 10.9. The van der Waals surface area contributed by atoms with E-state index in [9.17, 15) is 10.1 Å². The van der Waals surface area contributed by atoms with Crippen LogP contribution in [0.4, 0.5) is 11.4 Å². The van der Waals surface area contributed by atoms with Gasteiger partial charge in [0.15, 0.2) is 0 Å². The van der Waals surface area contributed by atoms with Crippen LogP contribution < -0.4 is 10.6 Å². The van der Waals surface area contributed by atoms with Crippen molar-refractivity contribution in [3.05, 3.63) is 33.3 Å². The highest BCUT2D eigenvalue weighted by Gasteiger charge is 2.28. The minimum Gasteiger partial charge on any atom is -0.378 e. The molecule has 7 heteroatoms. The van der Waals surface area contributed by atoms with Crippen LogP contribution in [0.15, 0.2) is 18.2 Å². The van der Waals surface area contributed by atoms with Crippen molar-refractivity contribution in [3.8, 4) is 0 Å². The normalized spacial score (nSPS) is 23.0. The van der Waals surface area contributed by atoms with Gasteiger partial charge in [-0.1, -0.05) is 11.6 Å². The lowest BCUT2D eigenvalue weighted by Crippen LogP contribution is -2.33. The van der Waals surface area contributed by atoms with Crippen molar-refractivity contribution in [1.82, 2.24) is 5.32 Å². The Morgan fingerprint density at radius 2 is 2.33 bits per heavy atom. The van der Waals surface area contributed by atoms with Gasteiger partial charge in [0, 0.05) is 31.3 Å². The van der Waals surface area contributed by atoms with Gasteiger partial charge in [0.25, 0.3) is 5.69 Å². The Balaban J connectivity index is 2.22. The van der Waals surface area contributed by atoms with E-state index in [0.29, 0.717) is 17.3 Å². The van der Waals surface area contributed by atoms with Gasteiger partial charge >= 0.3 is 0 Å². The van der Waals surface area contributed by atoms with Crippen molar-refractivity contribution in [2.45, 2.75) is 12.1 Å². The molecule has 0 aliphatic carbocycles. The van der Waals surface area contributed by atoms with E-state index in [1.54, 1.807) is 13.2 Å². The molecule has 2 rings (SSSR count). The maximum Gasteiger partial charge on any atom is 0.292 e. The average Bonchev–Trinajstić information content (AvgIpc) is 2.76. The zero-order chi connectivity index (χ0) is 13.1. The van der Waals surface area contributed by atoms with Crippen LogP contribution in [-0.2, 0) is 4.74 Å². The molecule has 1 saturated heterocycles. The molecule has 2 atom stereocenters. The van der Waals surface area contributed by atoms with Crippen LogP contribution in [0, 0.1) is 10.1 Å². The van der Waals surface area contributed by atoms with Gasteiger partial charge in [0.2, 0.25) is 0 Å². The lowest BCUT2D eigenvalue weighted by atomic mass is 10.2. The quantitative estimate of drug-likeness (QED) is 0.643. The van der Waals surface area contributed by atoms with E-state index in [4.69, 9.17) is 16.3 Å². The first-order valence-corrected chi connectivity index (χ1v) is 5.93. The van der Waals surface area contributed by atoms with Crippen molar-refractivity contribution < 1.29 is 9.66 Å². The molecule has 1 aliphatic heterocycles. The van der Waals surface area contributed by atoms with Crippen molar-refractivity contribution in [2.75, 3.05) is 25.5 Å². The Labute approximate surface area is 109 Å². The molecule has 0 amide bonds. The van der Waals surface area contributed by atoms with Gasteiger partial charge in [-0.15, -0.1) is 0 Å². The number of halogens is 1. The first kappa shape index (κ1) is 13.1. The molecule has 0 saturated carbocycles. The van der Waals surface area contributed by atoms with E-state index in [1.165, 1.54) is 12.1 Å². The predicted molar refractivity (Wildman–Crippen MR) is 69.2 cm³/mol. The van der Waals surface area contributed by atoms with E-state index in [1.807, 2.05) is 0 Å². The fourth-order valence-corrected chi connectivity index (χ4v) is 2.20. The van der Waals surface area contributed by atoms with Crippen molar-refractivity contribution in [3.63, 3.8) is 0 Å². The van der Waals surface area contributed by atoms with Crippen LogP contribution in [0.2, 0.25) is 5.02 Å². The van der Waals surface area contributed by atoms with Gasteiger partial charge in [0.1, 0.15) is 5.69 Å². The summed E-state index contributed by atoms with van der Waals surface area (Å²) in [6.45, 7) is 1.42. The minimum absolute atomic E-state index is 0.00725. The molecule has 98 valence electrons. The number of anilines is 1. The Hall–Kier alpha value is -1.37. The van der Waals surface area contributed by atoms with Crippen LogP contribution in [0.5, 0.6) is 0 Å². The minimum atomic E-state index is -0.428. The molecular formula is C11H14ClN3O3. The van der Waals surface area contributed by atoms with Gasteiger partial charge in [0.05, 0.1) is 17.1 Å². The number of methoxy groups -OCH3 is 1. The van der Waals surface area contributed by atoms with E-state index in [-0.39, 0.29) is 17.8 Å². The van der Waals surface area contributed by atoms with Crippen LogP contribution in [0.25, 0.3) is 0 Å². The monoisotopic (exact) mass is 271 g/mol. The van der Waals surface area contributed by atoms with Crippen LogP contribution in [0.3, 0.4) is 0 Å². The molecule has 1 aliphatic rings. The summed E-state index contributed by atoms with van der Waals surface area (Å²) < 4.78 is 5.30. The van der Waals surface area contributed by atoms with Crippen molar-refractivity contribution >= 4 is 23.0 Å². The molecule has 1 aromatic rings. The second-order valence-corrected chi connectivity index (χ2v) is 4.54. The standard InChI is InChI=1S/C11H14ClN3O3/c1-18-11-6-13-5-9(11)14-8-4-7(12)2-3-10(8)15(16)17/h2-4,9,11,13-14H,5-6H2,1H3/t9?,11-/m0/s1. The first-order chi connectivity index (χ1) is 8.61. The van der Waals surface area contributed by atoms with Crippen molar-refractivity contribution in [2.24, 2.45) is 0 Å². The second-order valence-electron chi connectivity index (χ2n) is 4.10. The summed E-state index contributed by atoms with van der Waals surface area (Å²) in [7, 11) is 1.62. The highest BCUT2D eigenvalue weighted by molar-refractivity contribution is 6.31. The molecule has 1 unspecified atom stereocenters. The first-order valence-electron chi connectivity index (χ1n) is 5.56. The fraction of sp³-hybridized carbons (Fsp3) is 0.455. The number of nitro benzene ring substituents is 1. The molecule has 0 bridgehead atoms. The molecular weight excluding hydrogens is 258 g/mol. The summed E-state index contributed by atoms with van der Waals surface area (Å²) in [6.07, 6.45) is -0.0106. The molecule has 0 spiro atoms. The van der Waals surface area contributed by atoms with Crippen molar-refractivity contribution in [1.29, 1.82) is 0 Å². The fourth-order valence-electron chi connectivity index (χ4n) is 2.03. The summed E-state index contributed by atoms with van der Waals surface area (Å²) in [5, 5.41) is 17.7. The molecule has 2 N–H and O–H groups in total. The van der Waals surface area contributed by atoms with Crippen LogP contribution in [0.1, 0.15) is 0 Å². The molecule has 1 heterocycles. The Kier molecular flexibility index (Phi) is 4.00. The van der Waals surface area contributed by atoms with Crippen LogP contribution >= 0.6 is 11.6 Å². The molecule has 18 heavy (non-hydrogen) atoms. The lowest BCUT2D eigenvalue weighted by molar-refractivity contribution is -0.384. The van der Waals surface area contributed by atoms with Crippen LogP contribution in [-0.4, -0.2) is 37.3 Å². The number of ether oxygens (including phenoxy) is 1. The lowest BCUT2D eigenvalue weighted by Gasteiger charge is -2.19. The van der Waals surface area contributed by atoms with E-state index >= 15 is 0 Å². The number of hydrogen-bond acceptors (Lipinski definition) is 5. The Bertz CT molecular complexity index is 455. The zero-order valence-electron chi connectivity index (χ0n) is 9.85. The molecule has 6 nitrogen and oxygen atoms in total. The van der Waals surface area contributed by atoms with Gasteiger partial charge < -0.3 is 15.4 Å². The molecule has 1 fully saturated rings. The van der Waals surface area contributed by atoms with Gasteiger partial charge in [-0.25, -0.2) is 0 Å². The highest BCUT2D eigenvalue weighted by atomic mass is 35.5. The topological polar surface area (TPSA) is 76.4 Å². The van der Waals surface area contributed by atoms with Gasteiger partial charge in [-0.05, 0) is 12.1 Å². The zero-order valence-corrected chi connectivity index (χ0v) is 10.6. The summed E-state index contributed by atoms with van der Waals surface area (Å²) in [5.41, 5.74) is 0.435. The van der Waals surface area contributed by atoms with E-state index < -0.39 is 4.92 Å². The summed E-state index contributed by atoms with van der Waals surface area (Å²) >= 11 is 5.87. The third-order valence-electron chi connectivity index (χ3n) is 2.96. The summed E-state index contributed by atoms with van der Waals surface area (Å²) in [4.78, 5) is 10.5. The number of nitro groups is 1. The summed E-state index contributed by atoms with van der Waals surface area (Å²) in [6, 6.07) is 4.46. The molecule has 0 radical (unpaired) electrons. The second kappa shape index (κ2) is 5.51. The maximum absolute atomic E-state index is 10.9. The molecule has 0 aromatic heterocycles. The number of rotatable bonds is 4. The van der Waals surface area contributed by atoms with E-state index in [2.05, 4.69) is 10.6 Å². The number of nitrogens with one attached hydrogen (secondary N) is 2. The molecule has 1 aromatic carbocycles. The summed E-state index contributed by atoms with van der Waals surface area (Å²) in [5.74, 6) is 0. The Morgan fingerprint density at radius 3 is 3.00 bits per heavy atom. The van der Waals surface area contributed by atoms with E-state index in [0.717, 1.165) is 6.54 Å². The number of hydrogen-bond donors (Lipinski definition) is 2. The van der Waals surface area contributed by atoms with Gasteiger partial charge in [-0.3, -0.25) is 10.1 Å². The smallest absolute Gasteiger partial charge is 0.292 e. The Morgan fingerprint density at radius 1 is 1.56 bits per heavy atom.